The molecule has 0 atom stereocenters. The number of nitro groups is 1. The molecule has 0 aliphatic heterocycles. The van der Waals surface area contributed by atoms with E-state index in [2.05, 4.69) is 0 Å². The Morgan fingerprint density at radius 1 is 1.43 bits per heavy atom. The van der Waals surface area contributed by atoms with Gasteiger partial charge in [-0.15, -0.1) is 0 Å². The summed E-state index contributed by atoms with van der Waals surface area (Å²) in [7, 11) is 0. The zero-order valence-corrected chi connectivity index (χ0v) is 13.3. The van der Waals surface area contributed by atoms with Gasteiger partial charge in [-0.3, -0.25) is 14.9 Å². The van der Waals surface area contributed by atoms with Crippen molar-refractivity contribution < 1.29 is 22.9 Å². The van der Waals surface area contributed by atoms with Crippen LogP contribution in [-0.4, -0.2) is 34.5 Å². The number of rotatable bonds is 4. The van der Waals surface area contributed by atoms with Crippen molar-refractivity contribution in [2.45, 2.75) is 26.1 Å². The topological polar surface area (TPSA) is 63.5 Å². The van der Waals surface area contributed by atoms with Gasteiger partial charge in [0.1, 0.15) is 6.54 Å². The number of nitrogens with zero attached hydrogens (tertiary/aromatic N) is 2. The van der Waals surface area contributed by atoms with E-state index in [-0.39, 0.29) is 11.3 Å². The highest BCUT2D eigenvalue weighted by Crippen LogP contribution is 2.24. The van der Waals surface area contributed by atoms with E-state index in [1.54, 1.807) is 22.6 Å². The summed E-state index contributed by atoms with van der Waals surface area (Å²) in [6.45, 7) is 1.50. The molecule has 21 heavy (non-hydrogen) atoms. The first-order valence-electron chi connectivity index (χ1n) is 5.84. The maximum atomic E-state index is 12.5. The third-order valence-electron chi connectivity index (χ3n) is 2.63. The lowest BCUT2D eigenvalue weighted by molar-refractivity contribution is -0.384. The summed E-state index contributed by atoms with van der Waals surface area (Å²) in [6, 6.07) is 2.84. The third-order valence-corrected chi connectivity index (χ3v) is 3.57. The Kier molecular flexibility index (Phi) is 5.54. The van der Waals surface area contributed by atoms with Crippen molar-refractivity contribution in [3.63, 3.8) is 0 Å². The maximum Gasteiger partial charge on any atom is 0.406 e. The van der Waals surface area contributed by atoms with Crippen molar-refractivity contribution in [3.8, 4) is 0 Å². The number of benzene rings is 1. The fourth-order valence-electron chi connectivity index (χ4n) is 1.63. The molecule has 5 nitrogen and oxygen atoms in total. The minimum Gasteiger partial charge on any atom is -0.327 e. The van der Waals surface area contributed by atoms with Crippen LogP contribution >= 0.6 is 22.6 Å². The van der Waals surface area contributed by atoms with E-state index in [1.165, 1.54) is 26.0 Å². The molecule has 0 bridgehead atoms. The van der Waals surface area contributed by atoms with Gasteiger partial charge in [0.15, 0.2) is 0 Å². The first-order chi connectivity index (χ1) is 9.53. The Morgan fingerprint density at radius 2 is 2.00 bits per heavy atom. The number of non-ortho nitro benzene ring substituents is 1. The van der Waals surface area contributed by atoms with Gasteiger partial charge in [0.2, 0.25) is 0 Å². The van der Waals surface area contributed by atoms with Gasteiger partial charge in [-0.25, -0.2) is 0 Å². The summed E-state index contributed by atoms with van der Waals surface area (Å²) in [6.07, 6.45) is -4.54. The molecule has 1 aromatic rings. The molecule has 116 valence electrons. The van der Waals surface area contributed by atoms with E-state index < -0.39 is 29.6 Å². The SMILES string of the molecule is CC(C)N(CC(F)(F)F)C(=O)c1cc([N+](=O)[O-])ccc1I. The van der Waals surface area contributed by atoms with Crippen LogP contribution in [0.15, 0.2) is 18.2 Å². The van der Waals surface area contributed by atoms with Gasteiger partial charge in [-0.05, 0) is 42.5 Å². The summed E-state index contributed by atoms with van der Waals surface area (Å²) in [4.78, 5) is 22.9. The lowest BCUT2D eigenvalue weighted by atomic mass is 10.1. The van der Waals surface area contributed by atoms with Crippen LogP contribution in [0.1, 0.15) is 24.2 Å². The Labute approximate surface area is 132 Å². The van der Waals surface area contributed by atoms with Crippen LogP contribution in [0, 0.1) is 13.7 Å². The predicted octanol–water partition coefficient (Wildman–Crippen LogP) is 3.61. The monoisotopic (exact) mass is 416 g/mol. The van der Waals surface area contributed by atoms with Crippen LogP contribution in [0.5, 0.6) is 0 Å². The number of hydrogen-bond donors (Lipinski definition) is 0. The van der Waals surface area contributed by atoms with E-state index in [1.807, 2.05) is 0 Å². The van der Waals surface area contributed by atoms with Gasteiger partial charge in [-0.1, -0.05) is 0 Å². The number of hydrogen-bond acceptors (Lipinski definition) is 3. The summed E-state index contributed by atoms with van der Waals surface area (Å²) in [5, 5.41) is 10.7. The molecule has 9 heteroatoms. The zero-order valence-electron chi connectivity index (χ0n) is 11.1. The van der Waals surface area contributed by atoms with Crippen LogP contribution in [0.3, 0.4) is 0 Å². The number of alkyl halides is 3. The summed E-state index contributed by atoms with van der Waals surface area (Å²) in [5.74, 6) is -0.879. The van der Waals surface area contributed by atoms with Gasteiger partial charge in [0.25, 0.3) is 11.6 Å². The number of amides is 1. The Balaban J connectivity index is 3.20. The first kappa shape index (κ1) is 17.7. The smallest absolute Gasteiger partial charge is 0.327 e. The fraction of sp³-hybridized carbons (Fsp3) is 0.417. The Morgan fingerprint density at radius 3 is 2.43 bits per heavy atom. The van der Waals surface area contributed by atoms with Crippen molar-refractivity contribution in [1.29, 1.82) is 0 Å². The second-order valence-electron chi connectivity index (χ2n) is 4.56. The Bertz CT molecular complexity index is 561. The highest BCUT2D eigenvalue weighted by atomic mass is 127. The van der Waals surface area contributed by atoms with Gasteiger partial charge < -0.3 is 4.90 Å². The quantitative estimate of drug-likeness (QED) is 0.428. The standard InChI is InChI=1S/C12H12F3IN2O3/c1-7(2)17(6-12(13,14)15)11(19)9-5-8(18(20)21)3-4-10(9)16/h3-5,7H,6H2,1-2H3. The molecule has 0 heterocycles. The number of nitro benzene ring substituents is 1. The van der Waals surface area contributed by atoms with Crippen molar-refractivity contribution in [2.24, 2.45) is 0 Å². The molecule has 1 amide bonds. The molecule has 1 aromatic carbocycles. The minimum atomic E-state index is -4.54. The number of carbonyl (C=O) groups excluding carboxylic acids is 1. The molecule has 0 aliphatic carbocycles. The fourth-order valence-corrected chi connectivity index (χ4v) is 2.19. The summed E-state index contributed by atoms with van der Waals surface area (Å²) >= 11 is 1.76. The predicted molar refractivity (Wildman–Crippen MR) is 78.0 cm³/mol. The molecule has 0 fully saturated rings. The van der Waals surface area contributed by atoms with Gasteiger partial charge in [0, 0.05) is 21.7 Å². The Hall–Kier alpha value is -1.39. The highest BCUT2D eigenvalue weighted by molar-refractivity contribution is 14.1. The van der Waals surface area contributed by atoms with E-state index in [9.17, 15) is 28.1 Å². The molecule has 0 saturated carbocycles. The van der Waals surface area contributed by atoms with Crippen molar-refractivity contribution in [3.05, 3.63) is 37.4 Å². The molecule has 0 saturated heterocycles. The highest BCUT2D eigenvalue weighted by Gasteiger charge is 2.35. The molecule has 0 N–H and O–H groups in total. The molecular formula is C12H12F3IN2O3. The second-order valence-corrected chi connectivity index (χ2v) is 5.73. The minimum absolute atomic E-state index is 0.109. The normalized spacial score (nSPS) is 11.6. The molecule has 0 radical (unpaired) electrons. The average Bonchev–Trinajstić information content (AvgIpc) is 2.34. The number of carbonyl (C=O) groups is 1. The van der Waals surface area contributed by atoms with Gasteiger partial charge in [-0.2, -0.15) is 13.2 Å². The lowest BCUT2D eigenvalue weighted by Gasteiger charge is -2.28. The van der Waals surface area contributed by atoms with Crippen LogP contribution in [-0.2, 0) is 0 Å². The average molecular weight is 416 g/mol. The zero-order chi connectivity index (χ0) is 16.4. The van der Waals surface area contributed by atoms with Crippen LogP contribution in [0.25, 0.3) is 0 Å². The molecular weight excluding hydrogens is 404 g/mol. The van der Waals surface area contributed by atoms with E-state index >= 15 is 0 Å². The van der Waals surface area contributed by atoms with Crippen LogP contribution < -0.4 is 0 Å². The van der Waals surface area contributed by atoms with E-state index in [0.717, 1.165) is 6.07 Å². The maximum absolute atomic E-state index is 12.5. The summed E-state index contributed by atoms with van der Waals surface area (Å²) in [5.41, 5.74) is -0.447. The largest absolute Gasteiger partial charge is 0.406 e. The van der Waals surface area contributed by atoms with E-state index in [0.29, 0.717) is 8.47 Å². The van der Waals surface area contributed by atoms with Gasteiger partial charge >= 0.3 is 6.18 Å². The van der Waals surface area contributed by atoms with Gasteiger partial charge in [0.05, 0.1) is 10.5 Å². The third kappa shape index (κ3) is 4.83. The second kappa shape index (κ2) is 6.58. The van der Waals surface area contributed by atoms with Crippen molar-refractivity contribution in [1.82, 2.24) is 4.90 Å². The first-order valence-corrected chi connectivity index (χ1v) is 6.92. The lowest BCUT2D eigenvalue weighted by Crippen LogP contribution is -2.43. The van der Waals surface area contributed by atoms with E-state index in [4.69, 9.17) is 0 Å². The number of halogens is 4. The van der Waals surface area contributed by atoms with Crippen molar-refractivity contribution in [2.75, 3.05) is 6.54 Å². The molecule has 1 rings (SSSR count). The molecule has 0 aromatic heterocycles. The molecule has 0 spiro atoms. The molecule has 0 aliphatic rings. The summed E-state index contributed by atoms with van der Waals surface area (Å²) < 4.78 is 38.0. The molecule has 0 unspecified atom stereocenters. The van der Waals surface area contributed by atoms with Crippen LogP contribution in [0.2, 0.25) is 0 Å². The van der Waals surface area contributed by atoms with Crippen molar-refractivity contribution >= 4 is 34.2 Å². The van der Waals surface area contributed by atoms with Crippen LogP contribution in [0.4, 0.5) is 18.9 Å².